The number of aliphatic hydroxyl groups excluding tert-OH is 1. The van der Waals surface area contributed by atoms with Crippen molar-refractivity contribution in [2.24, 2.45) is 15.0 Å². The van der Waals surface area contributed by atoms with E-state index in [1.165, 1.54) is 24.3 Å². The van der Waals surface area contributed by atoms with Crippen molar-refractivity contribution in [1.82, 2.24) is 10.3 Å². The summed E-state index contributed by atoms with van der Waals surface area (Å²) in [5.41, 5.74) is -0.242. The first-order valence-electron chi connectivity index (χ1n) is 10.6. The van der Waals surface area contributed by atoms with Gasteiger partial charge in [0.05, 0.1) is 21.7 Å². The number of aromatic nitrogens is 1. The van der Waals surface area contributed by atoms with Gasteiger partial charge in [0, 0.05) is 36.0 Å². The van der Waals surface area contributed by atoms with Crippen LogP contribution in [0.2, 0.25) is 5.02 Å². The molecule has 0 aliphatic carbocycles. The fraction of sp³-hybridized carbons (Fsp3) is 0.364. The third-order valence-electron chi connectivity index (χ3n) is 4.53. The van der Waals surface area contributed by atoms with Gasteiger partial charge in [0.2, 0.25) is 5.91 Å². The molecule has 1 aromatic rings. The molecule has 0 saturated carbocycles. The molecule has 2 heterocycles. The van der Waals surface area contributed by atoms with Crippen LogP contribution in [0.5, 0.6) is 0 Å². The van der Waals surface area contributed by atoms with Gasteiger partial charge in [-0.1, -0.05) is 18.2 Å². The summed E-state index contributed by atoms with van der Waals surface area (Å²) in [4.78, 5) is 40.4. The number of rotatable bonds is 11. The van der Waals surface area contributed by atoms with Crippen molar-refractivity contribution >= 4 is 58.1 Å². The molecule has 1 unspecified atom stereocenters. The quantitative estimate of drug-likeness (QED) is 0.289. The van der Waals surface area contributed by atoms with Crippen LogP contribution < -0.4 is 10.6 Å². The molecule has 194 valence electrons. The number of amides is 2. The highest BCUT2D eigenvalue weighted by Gasteiger charge is 2.34. The zero-order valence-corrected chi connectivity index (χ0v) is 20.8. The maximum Gasteiger partial charge on any atom is 0.418 e. The van der Waals surface area contributed by atoms with Gasteiger partial charge >= 0.3 is 6.18 Å². The molecular weight excluding hydrogens is 521 g/mol. The number of aliphatic hydroxyl groups is 1. The second kappa shape index (κ2) is 13.9. The van der Waals surface area contributed by atoms with Gasteiger partial charge in [0.25, 0.3) is 5.91 Å². The number of anilines is 1. The highest BCUT2D eigenvalue weighted by atomic mass is 35.5. The molecule has 14 heteroatoms. The topological polar surface area (TPSA) is 128 Å². The van der Waals surface area contributed by atoms with Crippen LogP contribution in [0.25, 0.3) is 0 Å². The van der Waals surface area contributed by atoms with E-state index in [0.717, 1.165) is 6.20 Å². The Morgan fingerprint density at radius 2 is 2.17 bits per heavy atom. The van der Waals surface area contributed by atoms with Crippen molar-refractivity contribution in [2.75, 3.05) is 24.2 Å². The maximum atomic E-state index is 13.0. The van der Waals surface area contributed by atoms with Crippen molar-refractivity contribution in [3.63, 3.8) is 0 Å². The summed E-state index contributed by atoms with van der Waals surface area (Å²) >= 11 is 6.74. The first-order valence-corrected chi connectivity index (χ1v) is 11.9. The van der Waals surface area contributed by atoms with Gasteiger partial charge in [0.1, 0.15) is 18.7 Å². The zero-order chi connectivity index (χ0) is 26.7. The third kappa shape index (κ3) is 9.21. The molecule has 0 bridgehead atoms. The van der Waals surface area contributed by atoms with Crippen LogP contribution in [-0.2, 0) is 15.8 Å². The lowest BCUT2D eigenvalue weighted by molar-refractivity contribution is -0.137. The van der Waals surface area contributed by atoms with Crippen LogP contribution in [0, 0.1) is 0 Å². The molecule has 0 saturated heterocycles. The summed E-state index contributed by atoms with van der Waals surface area (Å²) in [5.74, 6) is -1.13. The highest BCUT2D eigenvalue weighted by Crippen LogP contribution is 2.35. The number of thioether (sulfide) groups is 1. The SMILES string of the molecule is C=C/C(CCCO)=N\C=N/CC(=O)NC(C)C1=NC=C(C(=O)Nc2cc(C(F)(F)F)c(Cl)cn2)CS1. The molecule has 1 atom stereocenters. The highest BCUT2D eigenvalue weighted by molar-refractivity contribution is 8.14. The minimum absolute atomic E-state index is 0.0376. The fourth-order valence-corrected chi connectivity index (χ4v) is 3.87. The summed E-state index contributed by atoms with van der Waals surface area (Å²) in [5, 5.41) is 13.8. The van der Waals surface area contributed by atoms with Crippen LogP contribution in [0.1, 0.15) is 25.3 Å². The van der Waals surface area contributed by atoms with E-state index < -0.39 is 28.7 Å². The molecule has 0 aromatic carbocycles. The molecule has 2 amide bonds. The van der Waals surface area contributed by atoms with E-state index in [4.69, 9.17) is 16.7 Å². The van der Waals surface area contributed by atoms with Crippen LogP contribution in [-0.4, -0.2) is 63.9 Å². The lowest BCUT2D eigenvalue weighted by Gasteiger charge is -2.19. The predicted molar refractivity (Wildman–Crippen MR) is 136 cm³/mol. The monoisotopic (exact) mass is 544 g/mol. The van der Waals surface area contributed by atoms with Crippen LogP contribution in [0.3, 0.4) is 0 Å². The number of nitrogens with zero attached hydrogens (tertiary/aromatic N) is 4. The third-order valence-corrected chi connectivity index (χ3v) is 6.04. The Labute approximate surface area is 214 Å². The number of aliphatic imine (C=N–C) groups is 3. The molecule has 3 N–H and O–H groups in total. The number of allylic oxidation sites excluding steroid dienone is 1. The molecule has 1 aliphatic heterocycles. The summed E-state index contributed by atoms with van der Waals surface area (Å²) in [7, 11) is 0. The fourth-order valence-electron chi connectivity index (χ4n) is 2.72. The van der Waals surface area contributed by atoms with Gasteiger partial charge in [-0.15, -0.1) is 11.8 Å². The van der Waals surface area contributed by atoms with Gasteiger partial charge in [-0.25, -0.2) is 9.98 Å². The standard InChI is InChI=1S/C22H24ClF3N6O3S/c1-3-15(5-4-6-33)30-12-27-10-19(34)31-13(2)21-29-8-14(11-36-21)20(35)32-18-7-16(22(24,25)26)17(23)9-28-18/h3,7-9,12-13,33H,1,4-6,10-11H2,2H3,(H,31,34)(H,28,32,35)/b27-12-,30-15+. The van der Waals surface area contributed by atoms with Crippen molar-refractivity contribution in [1.29, 1.82) is 0 Å². The van der Waals surface area contributed by atoms with Gasteiger partial charge < -0.3 is 15.7 Å². The largest absolute Gasteiger partial charge is 0.418 e. The average molecular weight is 545 g/mol. The molecule has 0 spiro atoms. The number of hydrogen-bond acceptors (Lipinski definition) is 7. The Kier molecular flexibility index (Phi) is 11.3. The molecule has 2 rings (SSSR count). The minimum atomic E-state index is -4.69. The van der Waals surface area contributed by atoms with Crippen molar-refractivity contribution in [2.45, 2.75) is 32.0 Å². The molecule has 0 fully saturated rings. The Balaban J connectivity index is 1.92. The van der Waals surface area contributed by atoms with Gasteiger partial charge in [-0.05, 0) is 31.9 Å². The Hall–Kier alpha value is -3.03. The van der Waals surface area contributed by atoms with Gasteiger partial charge in [0.15, 0.2) is 0 Å². The normalized spacial score (nSPS) is 15.2. The molecule has 1 aromatic heterocycles. The number of hydrogen-bond donors (Lipinski definition) is 3. The summed E-state index contributed by atoms with van der Waals surface area (Å²) in [6, 6.07) is 0.201. The first kappa shape index (κ1) is 29.2. The zero-order valence-electron chi connectivity index (χ0n) is 19.2. The van der Waals surface area contributed by atoms with E-state index in [-0.39, 0.29) is 36.2 Å². The van der Waals surface area contributed by atoms with E-state index in [2.05, 4.69) is 37.2 Å². The summed E-state index contributed by atoms with van der Waals surface area (Å²) < 4.78 is 39.0. The van der Waals surface area contributed by atoms with Gasteiger partial charge in [-0.3, -0.25) is 19.6 Å². The van der Waals surface area contributed by atoms with Crippen molar-refractivity contribution < 1.29 is 27.9 Å². The lowest BCUT2D eigenvalue weighted by Crippen LogP contribution is -2.39. The number of pyridine rings is 1. The van der Waals surface area contributed by atoms with E-state index in [1.807, 2.05) is 0 Å². The second-order valence-electron chi connectivity index (χ2n) is 7.31. The van der Waals surface area contributed by atoms with E-state index in [1.54, 1.807) is 13.0 Å². The molecular formula is C22H24ClF3N6O3S. The van der Waals surface area contributed by atoms with E-state index in [9.17, 15) is 22.8 Å². The summed E-state index contributed by atoms with van der Waals surface area (Å²) in [6.07, 6.45) is 1.32. The summed E-state index contributed by atoms with van der Waals surface area (Å²) in [6.45, 7) is 5.22. The smallest absolute Gasteiger partial charge is 0.396 e. The Morgan fingerprint density at radius 3 is 2.78 bits per heavy atom. The molecule has 0 radical (unpaired) electrons. The second-order valence-corrected chi connectivity index (χ2v) is 8.71. The lowest BCUT2D eigenvalue weighted by atomic mass is 10.2. The Bertz CT molecular complexity index is 1100. The van der Waals surface area contributed by atoms with E-state index >= 15 is 0 Å². The maximum absolute atomic E-state index is 13.0. The van der Waals surface area contributed by atoms with Crippen LogP contribution >= 0.6 is 23.4 Å². The number of carbonyl (C=O) groups excluding carboxylic acids is 2. The average Bonchev–Trinajstić information content (AvgIpc) is 2.84. The molecule has 1 aliphatic rings. The molecule has 36 heavy (non-hydrogen) atoms. The van der Waals surface area contributed by atoms with Crippen molar-refractivity contribution in [3.05, 3.63) is 47.3 Å². The number of nitrogens with one attached hydrogen (secondary N) is 2. The number of halogens is 4. The molecule has 9 nitrogen and oxygen atoms in total. The van der Waals surface area contributed by atoms with Gasteiger partial charge in [-0.2, -0.15) is 13.2 Å². The predicted octanol–water partition coefficient (Wildman–Crippen LogP) is 3.65. The van der Waals surface area contributed by atoms with Crippen LogP contribution in [0.15, 0.2) is 51.7 Å². The number of carbonyl (C=O) groups is 2. The van der Waals surface area contributed by atoms with Crippen molar-refractivity contribution in [3.8, 4) is 0 Å². The Morgan fingerprint density at radius 1 is 1.42 bits per heavy atom. The first-order chi connectivity index (χ1) is 17.0. The minimum Gasteiger partial charge on any atom is -0.396 e. The van der Waals surface area contributed by atoms with E-state index in [0.29, 0.717) is 29.7 Å². The number of alkyl halides is 3. The van der Waals surface area contributed by atoms with Crippen LogP contribution in [0.4, 0.5) is 19.0 Å².